The summed E-state index contributed by atoms with van der Waals surface area (Å²) in [5.74, 6) is -3.91. The summed E-state index contributed by atoms with van der Waals surface area (Å²) in [6.45, 7) is 5.15. The highest BCUT2D eigenvalue weighted by Crippen LogP contribution is 2.40. The molecule has 1 atom stereocenters. The van der Waals surface area contributed by atoms with Crippen LogP contribution in [0, 0.1) is 23.0 Å². The van der Waals surface area contributed by atoms with Crippen LogP contribution < -0.4 is 16.5 Å². The molecule has 3 heterocycles. The number of rotatable bonds is 7. The summed E-state index contributed by atoms with van der Waals surface area (Å²) in [5.41, 5.74) is 13.0. The van der Waals surface area contributed by atoms with Crippen LogP contribution in [0.15, 0.2) is 53.9 Å². The molecule has 4 aromatic rings. The fraction of sp³-hybridized carbons (Fsp3) is 0.167. The minimum atomic E-state index is -4.77. The Hall–Kier alpha value is -5.13. The van der Waals surface area contributed by atoms with Crippen LogP contribution in [0.3, 0.4) is 0 Å². The summed E-state index contributed by atoms with van der Waals surface area (Å²) < 4.78 is 68.2. The molecule has 0 aliphatic rings. The van der Waals surface area contributed by atoms with Crippen molar-refractivity contribution in [2.24, 2.45) is 10.8 Å². The molecule has 1 unspecified atom stereocenters. The molecular formula is C24H19F5N10. The van der Waals surface area contributed by atoms with Gasteiger partial charge in [-0.3, -0.25) is 0 Å². The van der Waals surface area contributed by atoms with Gasteiger partial charge in [-0.2, -0.15) is 28.6 Å². The van der Waals surface area contributed by atoms with E-state index < -0.39 is 29.6 Å². The first kappa shape index (κ1) is 26.9. The van der Waals surface area contributed by atoms with Gasteiger partial charge >= 0.3 is 6.18 Å². The average molecular weight is 542 g/mol. The number of nitrogens with two attached hydrogens (primary N) is 2. The van der Waals surface area contributed by atoms with Gasteiger partial charge in [-0.1, -0.05) is 6.92 Å². The van der Waals surface area contributed by atoms with Crippen LogP contribution in [-0.4, -0.2) is 31.3 Å². The fourth-order valence-corrected chi connectivity index (χ4v) is 4.13. The summed E-state index contributed by atoms with van der Waals surface area (Å²) in [6, 6.07) is 4.90. The minimum absolute atomic E-state index is 0.0140. The Morgan fingerprint density at radius 1 is 1.26 bits per heavy atom. The Labute approximate surface area is 217 Å². The molecule has 3 aromatic heterocycles. The van der Waals surface area contributed by atoms with E-state index in [-0.39, 0.29) is 51.5 Å². The van der Waals surface area contributed by atoms with Gasteiger partial charge in [0.1, 0.15) is 29.4 Å². The Morgan fingerprint density at radius 3 is 2.51 bits per heavy atom. The summed E-state index contributed by atoms with van der Waals surface area (Å²) in [5, 5.41) is 19.1. The van der Waals surface area contributed by atoms with E-state index in [9.17, 15) is 27.2 Å². The number of hydrazone groups is 1. The van der Waals surface area contributed by atoms with Crippen LogP contribution in [0.25, 0.3) is 16.6 Å². The molecule has 4 rings (SSSR count). The maximum Gasteiger partial charge on any atom is 0.451 e. The number of nitriles is 1. The highest BCUT2D eigenvalue weighted by molar-refractivity contribution is 5.92. The van der Waals surface area contributed by atoms with Crippen LogP contribution >= 0.6 is 0 Å². The molecule has 1 aromatic carbocycles. The van der Waals surface area contributed by atoms with Crippen molar-refractivity contribution in [3.8, 4) is 17.2 Å². The molecule has 0 aliphatic carbocycles. The molecule has 0 aliphatic heterocycles. The number of alkyl halides is 3. The van der Waals surface area contributed by atoms with Crippen molar-refractivity contribution in [3.05, 3.63) is 77.5 Å². The maximum atomic E-state index is 14.4. The Balaban J connectivity index is 1.92. The fourth-order valence-electron chi connectivity index (χ4n) is 4.13. The third-order valence-electron chi connectivity index (χ3n) is 5.82. The lowest BCUT2D eigenvalue weighted by atomic mass is 9.93. The van der Waals surface area contributed by atoms with Gasteiger partial charge in [-0.15, -0.1) is 0 Å². The molecule has 0 saturated carbocycles. The second kappa shape index (κ2) is 10.3. The monoisotopic (exact) mass is 542 g/mol. The number of fused-ring (bicyclic) bond motifs is 1. The van der Waals surface area contributed by atoms with Crippen LogP contribution in [0.1, 0.15) is 36.3 Å². The number of benzene rings is 1. The van der Waals surface area contributed by atoms with E-state index in [1.165, 1.54) is 10.7 Å². The van der Waals surface area contributed by atoms with Gasteiger partial charge in [0.2, 0.25) is 5.82 Å². The molecule has 39 heavy (non-hydrogen) atoms. The lowest BCUT2D eigenvalue weighted by Crippen LogP contribution is -2.19. The second-order valence-electron chi connectivity index (χ2n) is 8.12. The van der Waals surface area contributed by atoms with Crippen LogP contribution in [0.2, 0.25) is 0 Å². The van der Waals surface area contributed by atoms with Gasteiger partial charge in [0, 0.05) is 54.1 Å². The highest BCUT2D eigenvalue weighted by Gasteiger charge is 2.35. The Morgan fingerprint density at radius 2 is 1.95 bits per heavy atom. The van der Waals surface area contributed by atoms with Crippen molar-refractivity contribution in [2.45, 2.75) is 25.4 Å². The highest BCUT2D eigenvalue weighted by atomic mass is 19.4. The summed E-state index contributed by atoms with van der Waals surface area (Å²) in [4.78, 5) is 10.7. The van der Waals surface area contributed by atoms with Crippen molar-refractivity contribution in [1.82, 2.24) is 24.6 Å². The third-order valence-corrected chi connectivity index (χ3v) is 5.82. The normalized spacial score (nSPS) is 12.8. The largest absolute Gasteiger partial charge is 0.451 e. The topological polar surface area (TPSA) is 147 Å². The van der Waals surface area contributed by atoms with Crippen LogP contribution in [0.4, 0.5) is 33.5 Å². The molecule has 0 fully saturated rings. The van der Waals surface area contributed by atoms with Crippen molar-refractivity contribution >= 4 is 23.7 Å². The van der Waals surface area contributed by atoms with Gasteiger partial charge in [0.15, 0.2) is 11.6 Å². The smallest absolute Gasteiger partial charge is 0.400 e. The zero-order valence-electron chi connectivity index (χ0n) is 20.2. The number of anilines is 2. The Kier molecular flexibility index (Phi) is 7.13. The molecule has 0 amide bonds. The van der Waals surface area contributed by atoms with Crippen LogP contribution in [-0.2, 0) is 6.18 Å². The van der Waals surface area contributed by atoms with E-state index in [1.807, 2.05) is 0 Å². The summed E-state index contributed by atoms with van der Waals surface area (Å²) in [7, 11) is 0. The standard InChI is InChI=1S/C24H19F5N10/c1-3-14(17(31)10-38(33-2)18-5-4-13(25)6-16(18)26)20-15(7-30)19(21-22(32)36-11-37-39(20)21)12-8-34-23(35-9-12)24(27,28)29/h4-6,8-11,14H,2-3,31H2,1H3,(H2,32,36,37)/b17-10-. The predicted octanol–water partition coefficient (Wildman–Crippen LogP) is 4.35. The first-order valence-corrected chi connectivity index (χ1v) is 11.1. The molecule has 0 spiro atoms. The number of allylic oxidation sites excluding steroid dienone is 1. The number of nitrogen functional groups attached to an aromatic ring is 1. The third kappa shape index (κ3) is 4.91. The van der Waals surface area contributed by atoms with Crippen LogP contribution in [0.5, 0.6) is 0 Å². The Bertz CT molecular complexity index is 1620. The zero-order chi connectivity index (χ0) is 28.5. The predicted molar refractivity (Wildman–Crippen MR) is 132 cm³/mol. The number of hydrogen-bond acceptors (Lipinski definition) is 9. The molecule has 4 N–H and O–H groups in total. The van der Waals surface area contributed by atoms with Gasteiger partial charge < -0.3 is 11.5 Å². The van der Waals surface area contributed by atoms with E-state index in [4.69, 9.17) is 11.5 Å². The first-order valence-electron chi connectivity index (χ1n) is 11.1. The molecule has 0 bridgehead atoms. The van der Waals surface area contributed by atoms with E-state index >= 15 is 0 Å². The van der Waals surface area contributed by atoms with Gasteiger partial charge in [0.25, 0.3) is 0 Å². The average Bonchev–Trinajstić information content (AvgIpc) is 3.23. The van der Waals surface area contributed by atoms with Crippen molar-refractivity contribution in [1.29, 1.82) is 5.26 Å². The molecule has 10 nitrogen and oxygen atoms in total. The van der Waals surface area contributed by atoms with E-state index in [2.05, 4.69) is 37.9 Å². The lowest BCUT2D eigenvalue weighted by Gasteiger charge is -2.20. The maximum absolute atomic E-state index is 14.4. The number of halogens is 5. The SMILES string of the molecule is C=NN(/C=C(\N)C(CC)c1c(C#N)c(-c2cnc(C(F)(F)F)nc2)c2c(N)ncnn12)c1ccc(F)cc1F. The number of hydrogen-bond donors (Lipinski definition) is 2. The first-order chi connectivity index (χ1) is 18.5. The zero-order valence-corrected chi connectivity index (χ0v) is 20.2. The number of nitrogens with zero attached hydrogens (tertiary/aromatic N) is 8. The van der Waals surface area contributed by atoms with Crippen molar-refractivity contribution in [3.63, 3.8) is 0 Å². The molecule has 200 valence electrons. The van der Waals surface area contributed by atoms with Crippen molar-refractivity contribution < 1.29 is 22.0 Å². The van der Waals surface area contributed by atoms with Crippen molar-refractivity contribution in [2.75, 3.05) is 10.7 Å². The van der Waals surface area contributed by atoms with Gasteiger partial charge in [-0.25, -0.2) is 33.3 Å². The minimum Gasteiger partial charge on any atom is -0.400 e. The lowest BCUT2D eigenvalue weighted by molar-refractivity contribution is -0.144. The molecule has 0 radical (unpaired) electrons. The molecular weight excluding hydrogens is 523 g/mol. The summed E-state index contributed by atoms with van der Waals surface area (Å²) >= 11 is 0. The van der Waals surface area contributed by atoms with E-state index in [1.54, 1.807) is 6.92 Å². The summed E-state index contributed by atoms with van der Waals surface area (Å²) in [6.07, 6.45) is -0.255. The number of aromatic nitrogens is 5. The quantitative estimate of drug-likeness (QED) is 0.199. The molecule has 15 heteroatoms. The second-order valence-corrected chi connectivity index (χ2v) is 8.12. The molecule has 0 saturated heterocycles. The van der Waals surface area contributed by atoms with Gasteiger partial charge in [0.05, 0.1) is 11.3 Å². The van der Waals surface area contributed by atoms with E-state index in [0.29, 0.717) is 6.07 Å². The van der Waals surface area contributed by atoms with E-state index in [0.717, 1.165) is 35.9 Å². The van der Waals surface area contributed by atoms with Gasteiger partial charge in [-0.05, 0) is 18.6 Å².